The molecule has 0 aliphatic heterocycles. The third kappa shape index (κ3) is 4.34. The number of rotatable bonds is 4. The van der Waals surface area contributed by atoms with Crippen molar-refractivity contribution in [3.8, 4) is 0 Å². The van der Waals surface area contributed by atoms with Crippen molar-refractivity contribution >= 4 is 23.5 Å². The highest BCUT2D eigenvalue weighted by atomic mass is 16.2. The largest absolute Gasteiger partial charge is 0.363 e. The molecule has 110 valence electrons. The van der Waals surface area contributed by atoms with Crippen molar-refractivity contribution in [3.63, 3.8) is 0 Å². The minimum absolute atomic E-state index is 0.335. The number of urea groups is 1. The molecule has 1 aromatic carbocycles. The molecule has 0 atom stereocenters. The van der Waals surface area contributed by atoms with Crippen molar-refractivity contribution in [2.75, 3.05) is 29.7 Å². The Morgan fingerprint density at radius 2 is 1.86 bits per heavy atom. The van der Waals surface area contributed by atoms with Crippen LogP contribution in [-0.2, 0) is 0 Å². The Bertz CT molecular complexity index is 614. The Hall–Kier alpha value is -2.83. The summed E-state index contributed by atoms with van der Waals surface area (Å²) in [4.78, 5) is 22.1. The first-order valence-electron chi connectivity index (χ1n) is 6.45. The van der Waals surface area contributed by atoms with Gasteiger partial charge in [-0.15, -0.1) is 0 Å². The molecule has 2 rings (SSSR count). The summed E-state index contributed by atoms with van der Waals surface area (Å²) in [5.74, 6) is 1.09. The second kappa shape index (κ2) is 6.56. The van der Waals surface area contributed by atoms with Crippen molar-refractivity contribution in [1.29, 1.82) is 0 Å². The van der Waals surface area contributed by atoms with Crippen LogP contribution in [0.2, 0.25) is 0 Å². The van der Waals surface area contributed by atoms with Gasteiger partial charge in [0.2, 0.25) is 5.95 Å². The number of amides is 2. The maximum Gasteiger partial charge on any atom is 0.337 e. The van der Waals surface area contributed by atoms with E-state index < -0.39 is 6.03 Å². The Morgan fingerprint density at radius 1 is 1.14 bits per heavy atom. The van der Waals surface area contributed by atoms with E-state index in [1.54, 1.807) is 12.1 Å². The van der Waals surface area contributed by atoms with Gasteiger partial charge in [0.25, 0.3) is 0 Å². The maximum absolute atomic E-state index is 11.7. The molecule has 21 heavy (non-hydrogen) atoms. The van der Waals surface area contributed by atoms with Crippen LogP contribution in [-0.4, -0.2) is 30.1 Å². The molecule has 0 aliphatic carbocycles. The van der Waals surface area contributed by atoms with Crippen molar-refractivity contribution in [2.45, 2.75) is 6.92 Å². The van der Waals surface area contributed by atoms with Crippen LogP contribution in [0.5, 0.6) is 0 Å². The van der Waals surface area contributed by atoms with Crippen molar-refractivity contribution in [2.24, 2.45) is 0 Å². The summed E-state index contributed by atoms with van der Waals surface area (Å²) >= 11 is 0. The molecule has 1 heterocycles. The average Bonchev–Trinajstić information content (AvgIpc) is 2.45. The van der Waals surface area contributed by atoms with E-state index in [1.165, 1.54) is 0 Å². The number of benzene rings is 1. The van der Waals surface area contributed by atoms with E-state index in [4.69, 9.17) is 0 Å². The van der Waals surface area contributed by atoms with Crippen LogP contribution in [0.1, 0.15) is 5.69 Å². The number of nitrogens with one attached hydrogen (secondary N) is 3. The lowest BCUT2D eigenvalue weighted by Crippen LogP contribution is -2.34. The number of hydrogen-bond acceptors (Lipinski definition) is 5. The van der Waals surface area contributed by atoms with Crippen LogP contribution in [0.3, 0.4) is 0 Å². The van der Waals surface area contributed by atoms with Crippen LogP contribution < -0.4 is 21.1 Å². The first-order chi connectivity index (χ1) is 10.0. The number of carbonyl (C=O) groups excluding carboxylic acids is 1. The molecule has 1 aromatic heterocycles. The van der Waals surface area contributed by atoms with E-state index >= 15 is 0 Å². The molecule has 0 aliphatic rings. The van der Waals surface area contributed by atoms with E-state index in [9.17, 15) is 4.79 Å². The summed E-state index contributed by atoms with van der Waals surface area (Å²) in [6.07, 6.45) is 0. The summed E-state index contributed by atoms with van der Waals surface area (Å²) in [7, 11) is 3.78. The molecule has 0 fully saturated rings. The predicted molar refractivity (Wildman–Crippen MR) is 83.3 cm³/mol. The normalized spacial score (nSPS) is 9.86. The minimum Gasteiger partial charge on any atom is -0.363 e. The van der Waals surface area contributed by atoms with Crippen LogP contribution in [0.4, 0.5) is 22.2 Å². The molecule has 2 amide bonds. The molecule has 7 heteroatoms. The van der Waals surface area contributed by atoms with Gasteiger partial charge in [-0.3, -0.25) is 5.43 Å². The van der Waals surface area contributed by atoms with Gasteiger partial charge >= 0.3 is 6.03 Å². The van der Waals surface area contributed by atoms with Gasteiger partial charge in [-0.1, -0.05) is 18.2 Å². The monoisotopic (exact) mass is 286 g/mol. The summed E-state index contributed by atoms with van der Waals surface area (Å²) in [5.41, 5.74) is 6.70. The Balaban J connectivity index is 1.95. The summed E-state index contributed by atoms with van der Waals surface area (Å²) in [6.45, 7) is 1.86. The number of aryl methyl sites for hydroxylation is 1. The number of hydrazine groups is 1. The second-order valence-corrected chi connectivity index (χ2v) is 4.66. The highest BCUT2D eigenvalue weighted by molar-refractivity contribution is 5.89. The standard InChI is InChI=1S/C14H18N6O/c1-10-9-12(20(2)3)17-13(15-10)18-19-14(21)16-11-7-5-4-6-8-11/h4-9H,1-3H3,(H,15,17,18)(H2,16,19,21). The molecule has 0 bridgehead atoms. The molecule has 2 aromatic rings. The van der Waals surface area contributed by atoms with Gasteiger partial charge in [-0.25, -0.2) is 15.2 Å². The number of aromatic nitrogens is 2. The zero-order chi connectivity index (χ0) is 15.2. The lowest BCUT2D eigenvalue weighted by Gasteiger charge is -2.14. The van der Waals surface area contributed by atoms with Gasteiger partial charge < -0.3 is 10.2 Å². The quantitative estimate of drug-likeness (QED) is 0.749. The van der Waals surface area contributed by atoms with Crippen LogP contribution in [0.15, 0.2) is 36.4 Å². The molecule has 0 saturated carbocycles. The van der Waals surface area contributed by atoms with E-state index in [1.807, 2.05) is 50.2 Å². The third-order valence-electron chi connectivity index (χ3n) is 2.62. The van der Waals surface area contributed by atoms with Gasteiger partial charge in [0.05, 0.1) is 0 Å². The fourth-order valence-electron chi connectivity index (χ4n) is 1.63. The maximum atomic E-state index is 11.7. The SMILES string of the molecule is Cc1cc(N(C)C)nc(NNC(=O)Nc2ccccc2)n1. The van der Waals surface area contributed by atoms with Crippen LogP contribution >= 0.6 is 0 Å². The van der Waals surface area contributed by atoms with Gasteiger partial charge in [0, 0.05) is 31.5 Å². The van der Waals surface area contributed by atoms with E-state index in [-0.39, 0.29) is 0 Å². The van der Waals surface area contributed by atoms with E-state index in [2.05, 4.69) is 26.1 Å². The zero-order valence-corrected chi connectivity index (χ0v) is 12.2. The van der Waals surface area contributed by atoms with E-state index in [0.29, 0.717) is 11.6 Å². The summed E-state index contributed by atoms with van der Waals surface area (Å²) in [6, 6.07) is 10.6. The predicted octanol–water partition coefficient (Wildman–Crippen LogP) is 2.00. The average molecular weight is 286 g/mol. The lowest BCUT2D eigenvalue weighted by molar-refractivity contribution is 0.253. The number of anilines is 3. The number of hydrogen-bond donors (Lipinski definition) is 3. The zero-order valence-electron chi connectivity index (χ0n) is 12.2. The third-order valence-corrected chi connectivity index (χ3v) is 2.62. The first kappa shape index (κ1) is 14.6. The molecule has 0 radical (unpaired) electrons. The fraction of sp³-hybridized carbons (Fsp3) is 0.214. The first-order valence-corrected chi connectivity index (χ1v) is 6.45. The topological polar surface area (TPSA) is 82.2 Å². The van der Waals surface area contributed by atoms with Crippen LogP contribution in [0, 0.1) is 6.92 Å². The Kier molecular flexibility index (Phi) is 4.55. The molecule has 0 spiro atoms. The smallest absolute Gasteiger partial charge is 0.337 e. The number of nitrogens with zero attached hydrogens (tertiary/aromatic N) is 3. The Morgan fingerprint density at radius 3 is 2.52 bits per heavy atom. The van der Waals surface area contributed by atoms with E-state index in [0.717, 1.165) is 11.5 Å². The molecule has 0 saturated heterocycles. The van der Waals surface area contributed by atoms with Gasteiger partial charge in [-0.05, 0) is 19.1 Å². The lowest BCUT2D eigenvalue weighted by atomic mass is 10.3. The summed E-state index contributed by atoms with van der Waals surface area (Å²) in [5, 5.41) is 2.69. The van der Waals surface area contributed by atoms with Crippen molar-refractivity contribution < 1.29 is 4.79 Å². The van der Waals surface area contributed by atoms with Gasteiger partial charge in [0.15, 0.2) is 0 Å². The Labute approximate surface area is 123 Å². The number of carbonyl (C=O) groups is 1. The van der Waals surface area contributed by atoms with Crippen LogP contribution in [0.25, 0.3) is 0 Å². The van der Waals surface area contributed by atoms with Gasteiger partial charge in [0.1, 0.15) is 5.82 Å². The summed E-state index contributed by atoms with van der Waals surface area (Å²) < 4.78 is 0. The molecular weight excluding hydrogens is 268 g/mol. The molecule has 0 unspecified atom stereocenters. The second-order valence-electron chi connectivity index (χ2n) is 4.66. The molecule has 7 nitrogen and oxygen atoms in total. The van der Waals surface area contributed by atoms with Crippen molar-refractivity contribution in [1.82, 2.24) is 15.4 Å². The molecule has 3 N–H and O–H groups in total. The highest BCUT2D eigenvalue weighted by Gasteiger charge is 2.05. The molecular formula is C14H18N6O. The van der Waals surface area contributed by atoms with Crippen molar-refractivity contribution in [3.05, 3.63) is 42.1 Å². The fourth-order valence-corrected chi connectivity index (χ4v) is 1.63. The minimum atomic E-state index is -0.391. The number of para-hydroxylation sites is 1. The highest BCUT2D eigenvalue weighted by Crippen LogP contribution is 2.11. The van der Waals surface area contributed by atoms with Gasteiger partial charge in [-0.2, -0.15) is 4.98 Å².